The van der Waals surface area contributed by atoms with Gasteiger partial charge in [-0.2, -0.15) is 11.8 Å². The average molecular weight is 1420 g/mol. The number of ether oxygens (including phenoxy) is 10. The molecule has 8 atom stereocenters. The summed E-state index contributed by atoms with van der Waals surface area (Å²) in [5.74, 6) is -5.48. The highest BCUT2D eigenvalue weighted by Crippen LogP contribution is 2.53. The third-order valence-electron chi connectivity index (χ3n) is 15.9. The van der Waals surface area contributed by atoms with Crippen LogP contribution in [0.5, 0.6) is 17.2 Å². The average Bonchev–Trinajstić information content (AvgIpc) is 1.19. The van der Waals surface area contributed by atoms with Crippen LogP contribution in [0.1, 0.15) is 103 Å². The van der Waals surface area contributed by atoms with Crippen molar-refractivity contribution in [2.24, 2.45) is 0 Å². The highest BCUT2D eigenvalue weighted by atomic mass is 79.9. The van der Waals surface area contributed by atoms with Crippen molar-refractivity contribution in [2.45, 2.75) is 98.5 Å². The molecule has 3 aliphatic heterocycles. The Bertz CT molecular complexity index is 3320. The molecule has 3 fully saturated rings. The summed E-state index contributed by atoms with van der Waals surface area (Å²) < 4.78 is 58.0. The summed E-state index contributed by atoms with van der Waals surface area (Å²) >= 11 is 8.01. The molecule has 0 radical (unpaired) electrons. The standard InChI is InChI=1S/C60H74Br2N8O20S/c1-32-55-40(70-14-17-87-58(82-3)57(70)90-55)26-46(88-32)89-42-28-60(80,27-35-48(42)54(77)50-49(52(35)75)51(74)34-5-4-6-41(81-2)47(34)53(50)76)59(79)69-68-44(72)10-24-91-31-45(73)64-12-11-63-43(71)9-15-83-18-20-85-22-23-86-21-19-84-16-13-65-56(78)33-7-8-36-37(25-33)67-39(30-62)38(29-61)66-36/h4-8,25,32,40,42,46,55,57-58,75,77,80H,9-24,26-31H2,1-3H3,(H,63,71)(H,64,73)(H,65,78)(H,68,72)(H,69,79)/t32-,40-,42-,46-,55+,57+,58-,60-/m0/s1. The van der Waals surface area contributed by atoms with E-state index in [1.165, 1.54) is 32.4 Å². The molecule has 91 heavy (non-hydrogen) atoms. The van der Waals surface area contributed by atoms with Gasteiger partial charge in [-0.05, 0) is 31.2 Å². The number of hydrogen-bond donors (Lipinski definition) is 8. The van der Waals surface area contributed by atoms with Crippen LogP contribution in [0.25, 0.3) is 11.0 Å². The monoisotopic (exact) mass is 1420 g/mol. The van der Waals surface area contributed by atoms with E-state index in [0.29, 0.717) is 86.6 Å². The second-order valence-corrected chi connectivity index (χ2v) is 24.0. The molecule has 4 heterocycles. The molecule has 494 valence electrons. The topological polar surface area (TPSA) is 362 Å². The van der Waals surface area contributed by atoms with Crippen LogP contribution in [0.3, 0.4) is 0 Å². The van der Waals surface area contributed by atoms with Crippen molar-refractivity contribution in [1.29, 1.82) is 0 Å². The number of alkyl halides is 2. The van der Waals surface area contributed by atoms with Gasteiger partial charge in [0.25, 0.3) is 11.8 Å². The number of fused-ring (bicyclic) bond motifs is 7. The number of nitrogens with one attached hydrogen (secondary N) is 5. The number of aromatic nitrogens is 2. The van der Waals surface area contributed by atoms with Crippen molar-refractivity contribution in [3.8, 4) is 17.2 Å². The third-order valence-corrected chi connectivity index (χ3v) is 17.9. The Morgan fingerprint density at radius 1 is 0.769 bits per heavy atom. The van der Waals surface area contributed by atoms with E-state index in [2.05, 4.69) is 73.5 Å². The molecular weight excluding hydrogens is 1340 g/mol. The first-order chi connectivity index (χ1) is 44.0. The van der Waals surface area contributed by atoms with E-state index >= 15 is 0 Å². The van der Waals surface area contributed by atoms with Gasteiger partial charge < -0.3 is 78.6 Å². The second kappa shape index (κ2) is 32.7. The number of ketones is 2. The first-order valence-electron chi connectivity index (χ1n) is 29.7. The summed E-state index contributed by atoms with van der Waals surface area (Å²) in [6.07, 6.45) is -5.79. The van der Waals surface area contributed by atoms with E-state index in [1.54, 1.807) is 25.1 Å². The van der Waals surface area contributed by atoms with Gasteiger partial charge in [-0.3, -0.25) is 49.3 Å². The summed E-state index contributed by atoms with van der Waals surface area (Å²) in [6, 6.07) is 9.31. The summed E-state index contributed by atoms with van der Waals surface area (Å²) in [4.78, 5) is 104. The van der Waals surface area contributed by atoms with Gasteiger partial charge in [-0.1, -0.05) is 44.0 Å². The number of aliphatic hydroxyl groups is 1. The van der Waals surface area contributed by atoms with Crippen LogP contribution in [0.4, 0.5) is 0 Å². The fraction of sp³-hybridized carbons (Fsp3) is 0.550. The minimum absolute atomic E-state index is 0.0117. The van der Waals surface area contributed by atoms with Crippen molar-refractivity contribution >= 4 is 95.8 Å². The maximum Gasteiger partial charge on any atom is 0.270 e. The molecule has 0 saturated carbocycles. The normalized spacial score (nSPS) is 22.5. The maximum atomic E-state index is 14.3. The smallest absolute Gasteiger partial charge is 0.270 e. The van der Waals surface area contributed by atoms with Gasteiger partial charge >= 0.3 is 0 Å². The summed E-state index contributed by atoms with van der Waals surface area (Å²) in [5.41, 5.74) is 3.92. The Hall–Kier alpha value is -6.04. The fourth-order valence-electron chi connectivity index (χ4n) is 11.4. The Labute approximate surface area is 544 Å². The number of phenolic OH excluding ortho intramolecular Hbond substituents is 2. The first kappa shape index (κ1) is 69.3. The van der Waals surface area contributed by atoms with Crippen molar-refractivity contribution in [2.75, 3.05) is 111 Å². The molecule has 4 aromatic rings. The molecule has 0 unspecified atom stereocenters. The highest BCUT2D eigenvalue weighted by Gasteiger charge is 2.55. The zero-order valence-electron chi connectivity index (χ0n) is 50.3. The molecule has 0 bridgehead atoms. The number of methoxy groups -OCH3 is 2. The number of thioether (sulfide) groups is 1. The quantitative estimate of drug-likeness (QED) is 0.0137. The largest absolute Gasteiger partial charge is 0.507 e. The zero-order chi connectivity index (χ0) is 64.8. The number of aromatic hydroxyl groups is 2. The van der Waals surface area contributed by atoms with Crippen LogP contribution >= 0.6 is 43.6 Å². The predicted molar refractivity (Wildman–Crippen MR) is 331 cm³/mol. The van der Waals surface area contributed by atoms with Crippen LogP contribution in [-0.2, 0) is 78.9 Å². The van der Waals surface area contributed by atoms with Gasteiger partial charge in [-0.25, -0.2) is 9.97 Å². The van der Waals surface area contributed by atoms with Crippen LogP contribution in [0.15, 0.2) is 36.4 Å². The van der Waals surface area contributed by atoms with Crippen molar-refractivity contribution in [3.63, 3.8) is 0 Å². The molecule has 3 saturated heterocycles. The van der Waals surface area contributed by atoms with Gasteiger partial charge in [0.2, 0.25) is 23.5 Å². The van der Waals surface area contributed by atoms with E-state index < -0.39 is 102 Å². The number of rotatable bonds is 31. The lowest BCUT2D eigenvalue weighted by molar-refractivity contribution is -0.256. The highest BCUT2D eigenvalue weighted by molar-refractivity contribution is 9.09. The molecule has 28 nitrogen and oxygen atoms in total. The molecular formula is C60H74Br2N8O20S. The molecule has 8 N–H and O–H groups in total. The number of carbonyl (C=O) groups excluding carboxylic acids is 7. The van der Waals surface area contributed by atoms with Crippen LogP contribution in [0.2, 0.25) is 0 Å². The van der Waals surface area contributed by atoms with Gasteiger partial charge in [-0.15, -0.1) is 0 Å². The number of benzene rings is 3. The Morgan fingerprint density at radius 3 is 2.15 bits per heavy atom. The maximum absolute atomic E-state index is 14.3. The Kier molecular flexibility index (Phi) is 24.9. The van der Waals surface area contributed by atoms with E-state index in [9.17, 15) is 48.9 Å². The fourth-order valence-corrected chi connectivity index (χ4v) is 13.1. The van der Waals surface area contributed by atoms with Gasteiger partial charge in [0.15, 0.2) is 30.2 Å². The number of hydrazine groups is 1. The van der Waals surface area contributed by atoms with Crippen LogP contribution in [-0.4, -0.2) is 225 Å². The van der Waals surface area contributed by atoms with Crippen LogP contribution in [0, 0.1) is 0 Å². The molecule has 1 aromatic heterocycles. The number of phenols is 2. The minimum atomic E-state index is -2.46. The Balaban J connectivity index is 0.634. The lowest BCUT2D eigenvalue weighted by atomic mass is 9.72. The van der Waals surface area contributed by atoms with E-state index in [-0.39, 0.29) is 109 Å². The van der Waals surface area contributed by atoms with E-state index in [1.807, 2.05) is 0 Å². The summed E-state index contributed by atoms with van der Waals surface area (Å²) in [7, 11) is 2.84. The summed E-state index contributed by atoms with van der Waals surface area (Å²) in [5, 5.41) is 45.7. The molecule has 5 aliphatic rings. The number of amides is 5. The molecule has 9 rings (SSSR count). The van der Waals surface area contributed by atoms with Crippen molar-refractivity contribution in [3.05, 3.63) is 86.7 Å². The molecule has 0 spiro atoms. The number of carbonyl (C=O) groups is 7. The minimum Gasteiger partial charge on any atom is -0.507 e. The second-order valence-electron chi connectivity index (χ2n) is 21.7. The number of nitrogens with zero attached hydrogens (tertiary/aromatic N) is 3. The SMILES string of the molecule is COc1cccc2c1C(=O)c1c(O)c3c(c(O)c1C2=O)C[C@@](O)(C(=O)NNC(=O)CCSCC(=O)NCCNC(=O)CCOCCOCCOCCOCCNC(=O)c1ccc2nc(CBr)c(CBr)nc2c1)C[C@@H]3O[C@H]1C[C@H]2[C@H](O[C@@H]3[C@@H](OC)OCCN32)[C@H](C)O1. The van der Waals surface area contributed by atoms with Crippen LogP contribution < -0.4 is 31.5 Å². The van der Waals surface area contributed by atoms with Gasteiger partial charge in [0.1, 0.15) is 23.4 Å². The zero-order valence-corrected chi connectivity index (χ0v) is 54.3. The third kappa shape index (κ3) is 16.7. The lowest BCUT2D eigenvalue weighted by Gasteiger charge is -2.43. The van der Waals surface area contributed by atoms with Crippen molar-refractivity contribution in [1.82, 2.24) is 41.7 Å². The number of hydrogen-bond acceptors (Lipinski definition) is 24. The molecule has 3 aromatic carbocycles. The molecule has 5 amide bonds. The van der Waals surface area contributed by atoms with Gasteiger partial charge in [0, 0.05) is 110 Å². The summed E-state index contributed by atoms with van der Waals surface area (Å²) in [6.45, 7) is 5.76. The molecule has 31 heteroatoms. The first-order valence-corrected chi connectivity index (χ1v) is 33.1. The van der Waals surface area contributed by atoms with E-state index in [4.69, 9.17) is 47.4 Å². The van der Waals surface area contributed by atoms with E-state index in [0.717, 1.165) is 23.1 Å². The number of morpholine rings is 1. The predicted octanol–water partition coefficient (Wildman–Crippen LogP) is 2.27. The number of halogens is 2. The van der Waals surface area contributed by atoms with Gasteiger partial charge in [0.05, 0.1) is 124 Å². The Morgan fingerprint density at radius 2 is 1.45 bits per heavy atom. The molecule has 2 aliphatic carbocycles. The van der Waals surface area contributed by atoms with Crippen molar-refractivity contribution < 1.29 is 96.2 Å². The lowest BCUT2D eigenvalue weighted by Crippen LogP contribution is -2.57.